The van der Waals surface area contributed by atoms with E-state index in [1.54, 1.807) is 24.3 Å². The van der Waals surface area contributed by atoms with Gasteiger partial charge >= 0.3 is 0 Å². The Kier molecular flexibility index (Phi) is 4.91. The molecule has 0 spiro atoms. The van der Waals surface area contributed by atoms with E-state index in [0.29, 0.717) is 11.4 Å². The van der Waals surface area contributed by atoms with Gasteiger partial charge in [0.2, 0.25) is 5.91 Å². The number of amides is 3. The third-order valence-corrected chi connectivity index (χ3v) is 5.66. The van der Waals surface area contributed by atoms with E-state index in [2.05, 4.69) is 31.6 Å². The summed E-state index contributed by atoms with van der Waals surface area (Å²) in [6.45, 7) is 3.71. The van der Waals surface area contributed by atoms with Gasteiger partial charge in [-0.2, -0.15) is 5.11 Å². The van der Waals surface area contributed by atoms with Crippen molar-refractivity contribution in [3.05, 3.63) is 58.1 Å². The highest BCUT2D eigenvalue weighted by molar-refractivity contribution is 9.10. The molecule has 29 heavy (non-hydrogen) atoms. The van der Waals surface area contributed by atoms with Gasteiger partial charge in [-0.3, -0.25) is 19.4 Å². The van der Waals surface area contributed by atoms with E-state index in [4.69, 9.17) is 0 Å². The summed E-state index contributed by atoms with van der Waals surface area (Å²) in [4.78, 5) is 39.3. The SMILES string of the molecule is Cc1cccc(NC(=O)CN2N=N[C@H]3C(=O)N(c4ccc(Br)cc4)C(=O)[C@@H]32)c1C. The minimum Gasteiger partial charge on any atom is -0.324 e. The van der Waals surface area contributed by atoms with Gasteiger partial charge in [-0.1, -0.05) is 33.3 Å². The van der Waals surface area contributed by atoms with Crippen LogP contribution in [0.4, 0.5) is 11.4 Å². The Balaban J connectivity index is 1.49. The van der Waals surface area contributed by atoms with E-state index in [1.807, 2.05) is 32.0 Å². The molecule has 9 heteroatoms. The molecule has 0 aromatic heterocycles. The van der Waals surface area contributed by atoms with Crippen molar-refractivity contribution in [2.24, 2.45) is 10.3 Å². The van der Waals surface area contributed by atoms with Crippen LogP contribution in [-0.4, -0.2) is 41.4 Å². The van der Waals surface area contributed by atoms with E-state index < -0.39 is 23.9 Å². The van der Waals surface area contributed by atoms with Crippen LogP contribution in [0, 0.1) is 13.8 Å². The zero-order chi connectivity index (χ0) is 20.7. The number of halogens is 1. The lowest BCUT2D eigenvalue weighted by atomic mass is 10.1. The number of fused-ring (bicyclic) bond motifs is 1. The predicted molar refractivity (Wildman–Crippen MR) is 110 cm³/mol. The fraction of sp³-hybridized carbons (Fsp3) is 0.250. The summed E-state index contributed by atoms with van der Waals surface area (Å²) in [6, 6.07) is 10.7. The minimum absolute atomic E-state index is 0.175. The molecule has 0 bridgehead atoms. The van der Waals surface area contributed by atoms with Gasteiger partial charge in [0.15, 0.2) is 12.1 Å². The second-order valence-electron chi connectivity index (χ2n) is 6.98. The van der Waals surface area contributed by atoms with Crippen LogP contribution in [0.15, 0.2) is 57.3 Å². The van der Waals surface area contributed by atoms with Crippen LogP contribution in [0.3, 0.4) is 0 Å². The molecule has 148 valence electrons. The van der Waals surface area contributed by atoms with E-state index >= 15 is 0 Å². The normalized spacial score (nSPS) is 20.4. The largest absolute Gasteiger partial charge is 0.324 e. The van der Waals surface area contributed by atoms with Crippen molar-refractivity contribution in [1.82, 2.24) is 5.01 Å². The number of anilines is 2. The molecule has 1 saturated heterocycles. The molecule has 1 N–H and O–H groups in total. The Morgan fingerprint density at radius 2 is 1.83 bits per heavy atom. The Labute approximate surface area is 175 Å². The van der Waals surface area contributed by atoms with Crippen LogP contribution >= 0.6 is 15.9 Å². The highest BCUT2D eigenvalue weighted by Crippen LogP contribution is 2.32. The third kappa shape index (κ3) is 3.42. The number of rotatable bonds is 4. The standard InChI is InChI=1S/C20H18BrN5O3/c1-11-4-3-5-15(12(11)2)22-16(27)10-25-18-17(23-24-25)19(28)26(20(18)29)14-8-6-13(21)7-9-14/h3-9,17-18H,10H2,1-2H3,(H,22,27)/t17-,18-/m1/s1. The van der Waals surface area contributed by atoms with Crippen molar-refractivity contribution in [2.45, 2.75) is 25.9 Å². The van der Waals surface area contributed by atoms with Crippen LogP contribution < -0.4 is 10.2 Å². The third-order valence-electron chi connectivity index (χ3n) is 5.13. The molecule has 2 aliphatic rings. The number of nitrogens with one attached hydrogen (secondary N) is 1. The molecule has 2 aliphatic heterocycles. The molecule has 1 fully saturated rings. The van der Waals surface area contributed by atoms with Crippen molar-refractivity contribution < 1.29 is 14.4 Å². The second kappa shape index (κ2) is 7.40. The maximum Gasteiger partial charge on any atom is 0.263 e. The van der Waals surface area contributed by atoms with Gasteiger partial charge < -0.3 is 5.32 Å². The Morgan fingerprint density at radius 3 is 2.55 bits per heavy atom. The highest BCUT2D eigenvalue weighted by Gasteiger charge is 2.55. The Morgan fingerprint density at radius 1 is 1.10 bits per heavy atom. The van der Waals surface area contributed by atoms with Crippen molar-refractivity contribution >= 4 is 45.0 Å². The molecule has 0 radical (unpaired) electrons. The number of imide groups is 1. The summed E-state index contributed by atoms with van der Waals surface area (Å²) in [5.41, 5.74) is 3.20. The number of benzene rings is 2. The Hall–Kier alpha value is -3.07. The molecular formula is C20H18BrN5O3. The lowest BCUT2D eigenvalue weighted by Crippen LogP contribution is -2.43. The number of nitrogens with zero attached hydrogens (tertiary/aromatic N) is 4. The fourth-order valence-electron chi connectivity index (χ4n) is 3.42. The van der Waals surface area contributed by atoms with E-state index in [1.165, 1.54) is 5.01 Å². The minimum atomic E-state index is -0.931. The van der Waals surface area contributed by atoms with Crippen LogP contribution in [0.2, 0.25) is 0 Å². The number of hydrogen-bond acceptors (Lipinski definition) is 6. The zero-order valence-corrected chi connectivity index (χ0v) is 17.4. The van der Waals surface area contributed by atoms with E-state index in [-0.39, 0.29) is 12.5 Å². The molecule has 0 saturated carbocycles. The molecule has 0 unspecified atom stereocenters. The van der Waals surface area contributed by atoms with Crippen LogP contribution in [-0.2, 0) is 14.4 Å². The summed E-state index contributed by atoms with van der Waals surface area (Å²) >= 11 is 3.33. The number of aryl methyl sites for hydroxylation is 1. The van der Waals surface area contributed by atoms with Crippen molar-refractivity contribution in [3.63, 3.8) is 0 Å². The van der Waals surface area contributed by atoms with Crippen LogP contribution in [0.1, 0.15) is 11.1 Å². The molecule has 3 amide bonds. The van der Waals surface area contributed by atoms with Gasteiger partial charge in [-0.25, -0.2) is 4.90 Å². The second-order valence-corrected chi connectivity index (χ2v) is 7.89. The van der Waals surface area contributed by atoms with Crippen molar-refractivity contribution in [2.75, 3.05) is 16.8 Å². The molecule has 2 atom stereocenters. The lowest BCUT2D eigenvalue weighted by Gasteiger charge is -2.20. The maximum atomic E-state index is 12.9. The number of carbonyl (C=O) groups excluding carboxylic acids is 3. The van der Waals surface area contributed by atoms with Crippen LogP contribution in [0.5, 0.6) is 0 Å². The lowest BCUT2D eigenvalue weighted by molar-refractivity contribution is -0.123. The first kappa shape index (κ1) is 19.3. The monoisotopic (exact) mass is 455 g/mol. The summed E-state index contributed by atoms with van der Waals surface area (Å²) in [5, 5.41) is 12.0. The molecule has 8 nitrogen and oxygen atoms in total. The zero-order valence-electron chi connectivity index (χ0n) is 15.8. The first-order valence-corrected chi connectivity index (χ1v) is 9.83. The summed E-state index contributed by atoms with van der Waals surface area (Å²) in [7, 11) is 0. The maximum absolute atomic E-state index is 12.9. The number of hydrogen-bond donors (Lipinski definition) is 1. The molecule has 2 aromatic carbocycles. The number of carbonyl (C=O) groups is 3. The molecule has 2 aromatic rings. The van der Waals surface area contributed by atoms with Gasteiger partial charge in [0, 0.05) is 10.2 Å². The molecule has 0 aliphatic carbocycles. The summed E-state index contributed by atoms with van der Waals surface area (Å²) < 4.78 is 0.838. The van der Waals surface area contributed by atoms with Crippen molar-refractivity contribution in [1.29, 1.82) is 0 Å². The summed E-state index contributed by atoms with van der Waals surface area (Å²) in [6.07, 6.45) is 0. The first-order chi connectivity index (χ1) is 13.9. The average Bonchev–Trinajstić information content (AvgIpc) is 3.20. The van der Waals surface area contributed by atoms with Crippen LogP contribution in [0.25, 0.3) is 0 Å². The molecule has 4 rings (SSSR count). The fourth-order valence-corrected chi connectivity index (χ4v) is 3.69. The quantitative estimate of drug-likeness (QED) is 0.716. The van der Waals surface area contributed by atoms with Gasteiger partial charge in [-0.05, 0) is 55.3 Å². The van der Waals surface area contributed by atoms with Gasteiger partial charge in [0.05, 0.1) is 5.69 Å². The molecule has 2 heterocycles. The van der Waals surface area contributed by atoms with E-state index in [9.17, 15) is 14.4 Å². The van der Waals surface area contributed by atoms with E-state index in [0.717, 1.165) is 20.5 Å². The highest BCUT2D eigenvalue weighted by atomic mass is 79.9. The Bertz CT molecular complexity index is 1040. The smallest absolute Gasteiger partial charge is 0.263 e. The summed E-state index contributed by atoms with van der Waals surface area (Å²) in [5.74, 6) is -1.21. The first-order valence-electron chi connectivity index (χ1n) is 9.03. The van der Waals surface area contributed by atoms with Gasteiger partial charge in [0.1, 0.15) is 6.54 Å². The topological polar surface area (TPSA) is 94.4 Å². The van der Waals surface area contributed by atoms with Crippen molar-refractivity contribution in [3.8, 4) is 0 Å². The van der Waals surface area contributed by atoms with Gasteiger partial charge in [0.25, 0.3) is 11.8 Å². The van der Waals surface area contributed by atoms with Gasteiger partial charge in [-0.15, -0.1) is 0 Å². The average molecular weight is 456 g/mol. The molecular weight excluding hydrogens is 438 g/mol. The predicted octanol–water partition coefficient (Wildman–Crippen LogP) is 3.00.